The SMILES string of the molecule is O=S([O-])O.[AlH3]. The molecule has 32 valence electrons. The first-order valence-electron chi connectivity index (χ1n) is 0.516. The smallest absolute Gasteiger partial charge is 0.187 e. The third-order valence-corrected chi connectivity index (χ3v) is 0. The van der Waals surface area contributed by atoms with Gasteiger partial charge in [-0.3, -0.25) is 0 Å². The summed E-state index contributed by atoms with van der Waals surface area (Å²) >= 11 is -2.86. The summed E-state index contributed by atoms with van der Waals surface area (Å²) in [5.41, 5.74) is 0. The zero-order chi connectivity index (χ0) is 3.58. The fraction of sp³-hybridized carbons (Fsp3) is 0. The van der Waals surface area contributed by atoms with Gasteiger partial charge in [-0.15, -0.1) is 0 Å². The van der Waals surface area contributed by atoms with Crippen molar-refractivity contribution in [3.63, 3.8) is 0 Å². The van der Waals surface area contributed by atoms with Gasteiger partial charge in [0.25, 0.3) is 0 Å². The molecular weight excluding hydrogens is 107 g/mol. The molecule has 0 aliphatic carbocycles. The minimum Gasteiger partial charge on any atom is -0.750 e. The Morgan fingerprint density at radius 3 is 1.80 bits per heavy atom. The summed E-state index contributed by atoms with van der Waals surface area (Å²) in [7, 11) is 0. The highest BCUT2D eigenvalue weighted by Gasteiger charge is 1.42. The molecule has 0 aromatic heterocycles. The zero-order valence-corrected chi connectivity index (χ0v) is 2.49. The van der Waals surface area contributed by atoms with E-state index in [0.29, 0.717) is 0 Å². The molecule has 0 amide bonds. The molecule has 0 saturated heterocycles. The lowest BCUT2D eigenvalue weighted by atomic mass is 15.8. The molecule has 0 bridgehead atoms. The van der Waals surface area contributed by atoms with Crippen molar-refractivity contribution in [3.05, 3.63) is 0 Å². The Labute approximate surface area is 42.6 Å². The van der Waals surface area contributed by atoms with Crippen molar-refractivity contribution < 1.29 is 13.3 Å². The highest BCUT2D eigenvalue weighted by molar-refractivity contribution is 7.73. The number of hydrogen-bond acceptors (Lipinski definition) is 2. The van der Waals surface area contributed by atoms with Gasteiger partial charge in [0.05, 0.1) is 11.4 Å². The largest absolute Gasteiger partial charge is 0.750 e. The lowest BCUT2D eigenvalue weighted by molar-refractivity contribution is 0.436. The number of hydrogen-bond donors (Lipinski definition) is 1. The topological polar surface area (TPSA) is 60.4 Å². The summed E-state index contributed by atoms with van der Waals surface area (Å²) in [4.78, 5) is 0. The molecular formula is H4AlO3S-. The minimum atomic E-state index is -2.86. The van der Waals surface area contributed by atoms with Gasteiger partial charge >= 0.3 is 0 Å². The van der Waals surface area contributed by atoms with Crippen LogP contribution in [0.3, 0.4) is 0 Å². The van der Waals surface area contributed by atoms with E-state index in [4.69, 9.17) is 13.3 Å². The van der Waals surface area contributed by atoms with Gasteiger partial charge in [-0.25, -0.2) is 4.21 Å². The average Bonchev–Trinajstić information content (AvgIpc) is 0.811. The van der Waals surface area contributed by atoms with E-state index in [1.807, 2.05) is 0 Å². The monoisotopic (exact) mass is 111 g/mol. The molecule has 0 aliphatic rings. The van der Waals surface area contributed by atoms with Crippen molar-refractivity contribution in [2.75, 3.05) is 0 Å². The van der Waals surface area contributed by atoms with Crippen molar-refractivity contribution in [1.82, 2.24) is 0 Å². The molecule has 0 aromatic rings. The van der Waals surface area contributed by atoms with Crippen LogP contribution in [0.1, 0.15) is 0 Å². The van der Waals surface area contributed by atoms with Crippen LogP contribution in [-0.2, 0) is 11.4 Å². The predicted molar refractivity (Wildman–Crippen MR) is 21.5 cm³/mol. The van der Waals surface area contributed by atoms with Crippen LogP contribution in [0.25, 0.3) is 0 Å². The van der Waals surface area contributed by atoms with Crippen LogP contribution in [0.15, 0.2) is 0 Å². The molecule has 0 spiro atoms. The Morgan fingerprint density at radius 1 is 1.80 bits per heavy atom. The Hall–Kier alpha value is 0.602. The summed E-state index contributed by atoms with van der Waals surface area (Å²) in [6.45, 7) is 0. The van der Waals surface area contributed by atoms with E-state index in [2.05, 4.69) is 0 Å². The molecule has 5 heavy (non-hydrogen) atoms. The van der Waals surface area contributed by atoms with Crippen molar-refractivity contribution in [2.45, 2.75) is 0 Å². The Balaban J connectivity index is 0. The standard InChI is InChI=1S/Al.H2O3S.3H/c;1-4(2)3;;;/h;(H2,1,2,3);;;/p-1. The molecule has 0 aliphatic heterocycles. The van der Waals surface area contributed by atoms with E-state index in [1.54, 1.807) is 0 Å². The lowest BCUT2D eigenvalue weighted by Crippen LogP contribution is -1.75. The molecule has 0 saturated carbocycles. The third kappa shape index (κ3) is 85.9. The van der Waals surface area contributed by atoms with Gasteiger partial charge in [-0.1, -0.05) is 0 Å². The molecule has 5 heteroatoms. The van der Waals surface area contributed by atoms with Gasteiger partial charge in [0.15, 0.2) is 17.4 Å². The first-order chi connectivity index (χ1) is 1.73. The highest BCUT2D eigenvalue weighted by atomic mass is 32.2. The van der Waals surface area contributed by atoms with Crippen LogP contribution >= 0.6 is 0 Å². The summed E-state index contributed by atoms with van der Waals surface area (Å²) in [5, 5.41) is 0. The van der Waals surface area contributed by atoms with Gasteiger partial charge in [0, 0.05) is 0 Å². The molecule has 0 rings (SSSR count). The molecule has 3 nitrogen and oxygen atoms in total. The highest BCUT2D eigenvalue weighted by Crippen LogP contribution is 1.43. The van der Waals surface area contributed by atoms with Crippen LogP contribution in [0.4, 0.5) is 0 Å². The predicted octanol–water partition coefficient (Wildman–Crippen LogP) is -1.85. The van der Waals surface area contributed by atoms with Gasteiger partial charge in [-0.2, -0.15) is 0 Å². The van der Waals surface area contributed by atoms with Crippen LogP contribution in [-0.4, -0.2) is 30.7 Å². The Bertz CT molecular complexity index is 29.9. The second-order valence-electron chi connectivity index (χ2n) is 0.217. The van der Waals surface area contributed by atoms with Crippen molar-refractivity contribution in [1.29, 1.82) is 0 Å². The Kier molecular flexibility index (Phi) is 8.42. The van der Waals surface area contributed by atoms with Crippen molar-refractivity contribution >= 4 is 28.7 Å². The molecule has 0 heterocycles. The van der Waals surface area contributed by atoms with Crippen LogP contribution in [0.5, 0.6) is 0 Å². The summed E-state index contributed by atoms with van der Waals surface area (Å²) in [5.74, 6) is 0. The first kappa shape index (κ1) is 9.14. The average molecular weight is 111 g/mol. The number of rotatable bonds is 0. The summed E-state index contributed by atoms with van der Waals surface area (Å²) < 4.78 is 24.1. The van der Waals surface area contributed by atoms with E-state index in [1.165, 1.54) is 0 Å². The molecule has 1 unspecified atom stereocenters. The quantitative estimate of drug-likeness (QED) is 0.295. The Morgan fingerprint density at radius 2 is 1.80 bits per heavy atom. The maximum Gasteiger partial charge on any atom is 0.187 e. The van der Waals surface area contributed by atoms with Gasteiger partial charge in [-0.05, 0) is 0 Å². The fourth-order valence-corrected chi connectivity index (χ4v) is 0. The van der Waals surface area contributed by atoms with Gasteiger partial charge in [0.1, 0.15) is 0 Å². The zero-order valence-electron chi connectivity index (χ0n) is 1.67. The molecule has 0 radical (unpaired) electrons. The van der Waals surface area contributed by atoms with E-state index in [-0.39, 0.29) is 17.4 Å². The van der Waals surface area contributed by atoms with E-state index in [0.717, 1.165) is 0 Å². The normalized spacial score (nSPS) is 12.4. The first-order valence-corrected chi connectivity index (χ1v) is 1.55. The van der Waals surface area contributed by atoms with E-state index >= 15 is 0 Å². The molecule has 1 atom stereocenters. The van der Waals surface area contributed by atoms with Crippen LogP contribution in [0.2, 0.25) is 0 Å². The maximum absolute atomic E-state index is 8.56. The van der Waals surface area contributed by atoms with Crippen LogP contribution < -0.4 is 0 Å². The molecule has 1 N–H and O–H groups in total. The van der Waals surface area contributed by atoms with E-state index in [9.17, 15) is 0 Å². The lowest BCUT2D eigenvalue weighted by Gasteiger charge is -1.83. The van der Waals surface area contributed by atoms with Gasteiger partial charge < -0.3 is 9.11 Å². The second-order valence-corrected chi connectivity index (χ2v) is 0.651. The van der Waals surface area contributed by atoms with Crippen molar-refractivity contribution in [3.8, 4) is 0 Å². The third-order valence-electron chi connectivity index (χ3n) is 0. The maximum atomic E-state index is 8.56. The summed E-state index contributed by atoms with van der Waals surface area (Å²) in [6, 6.07) is 0. The molecule has 0 aromatic carbocycles. The second kappa shape index (κ2) is 4.60. The fourth-order valence-electron chi connectivity index (χ4n) is 0. The summed E-state index contributed by atoms with van der Waals surface area (Å²) in [6.07, 6.45) is 0. The minimum absolute atomic E-state index is 0. The molecule has 0 fully saturated rings. The van der Waals surface area contributed by atoms with Gasteiger partial charge in [0.2, 0.25) is 0 Å². The van der Waals surface area contributed by atoms with Crippen molar-refractivity contribution in [2.24, 2.45) is 0 Å². The van der Waals surface area contributed by atoms with E-state index < -0.39 is 11.4 Å². The van der Waals surface area contributed by atoms with Crippen LogP contribution in [0, 0.1) is 0 Å².